The highest BCUT2D eigenvalue weighted by molar-refractivity contribution is 5.87. The molecular formula is C19H17N3O2. The summed E-state index contributed by atoms with van der Waals surface area (Å²) in [4.78, 5) is 11.7. The lowest BCUT2D eigenvalue weighted by Gasteiger charge is -2.06. The normalized spacial score (nSPS) is 11.3. The first kappa shape index (κ1) is 15.6. The Labute approximate surface area is 139 Å². The molecular weight excluding hydrogens is 302 g/mol. The van der Waals surface area contributed by atoms with E-state index in [-0.39, 0.29) is 12.5 Å². The zero-order valence-corrected chi connectivity index (χ0v) is 13.0. The molecule has 0 atom stereocenters. The standard InChI is InChI=1S/C19H17N3O2/c23-19(22-21-11-3-7-18-8-4-12-24-18)14-20-17-10-9-15-5-1-2-6-16(15)13-17/h1-13,20H,14H2,(H,22,23)/b7-3+,21-11-. The SMILES string of the molecule is O=C(CNc1ccc2ccccc2c1)N/N=C\C=C\c1ccco1. The van der Waals surface area contributed by atoms with Gasteiger partial charge in [-0.3, -0.25) is 4.79 Å². The van der Waals surface area contributed by atoms with Crippen molar-refractivity contribution < 1.29 is 9.21 Å². The van der Waals surface area contributed by atoms with Crippen molar-refractivity contribution in [3.05, 3.63) is 72.7 Å². The first-order valence-electron chi connectivity index (χ1n) is 7.56. The minimum atomic E-state index is -0.217. The van der Waals surface area contributed by atoms with E-state index in [0.29, 0.717) is 0 Å². The summed E-state index contributed by atoms with van der Waals surface area (Å²) >= 11 is 0. The highest BCUT2D eigenvalue weighted by Crippen LogP contribution is 2.18. The van der Waals surface area contributed by atoms with Crippen LogP contribution < -0.4 is 10.7 Å². The molecule has 0 spiro atoms. The van der Waals surface area contributed by atoms with Gasteiger partial charge in [-0.25, -0.2) is 5.43 Å². The van der Waals surface area contributed by atoms with Gasteiger partial charge in [0.25, 0.3) is 5.91 Å². The number of benzene rings is 2. The van der Waals surface area contributed by atoms with Gasteiger partial charge in [-0.2, -0.15) is 5.10 Å². The Hall–Kier alpha value is -3.34. The van der Waals surface area contributed by atoms with Crippen LogP contribution in [0.5, 0.6) is 0 Å². The number of carbonyl (C=O) groups is 1. The largest absolute Gasteiger partial charge is 0.465 e. The number of nitrogens with one attached hydrogen (secondary N) is 2. The van der Waals surface area contributed by atoms with E-state index in [1.807, 2.05) is 42.5 Å². The lowest BCUT2D eigenvalue weighted by molar-refractivity contribution is -0.119. The minimum Gasteiger partial charge on any atom is -0.465 e. The van der Waals surface area contributed by atoms with Crippen molar-refractivity contribution in [2.45, 2.75) is 0 Å². The maximum atomic E-state index is 11.7. The fourth-order valence-electron chi connectivity index (χ4n) is 2.20. The third-order valence-electron chi connectivity index (χ3n) is 3.36. The molecule has 0 aliphatic heterocycles. The highest BCUT2D eigenvalue weighted by Gasteiger charge is 2.00. The van der Waals surface area contributed by atoms with Gasteiger partial charge in [0, 0.05) is 11.9 Å². The predicted molar refractivity (Wildman–Crippen MR) is 96.8 cm³/mol. The minimum absolute atomic E-state index is 0.150. The van der Waals surface area contributed by atoms with E-state index in [4.69, 9.17) is 4.42 Å². The van der Waals surface area contributed by atoms with Crippen LogP contribution in [0, 0.1) is 0 Å². The summed E-state index contributed by atoms with van der Waals surface area (Å²) in [6.45, 7) is 0.150. The molecule has 24 heavy (non-hydrogen) atoms. The molecule has 0 unspecified atom stereocenters. The average Bonchev–Trinajstić information content (AvgIpc) is 3.13. The zero-order valence-electron chi connectivity index (χ0n) is 13.0. The van der Waals surface area contributed by atoms with Crippen LogP contribution in [0.4, 0.5) is 5.69 Å². The van der Waals surface area contributed by atoms with E-state index in [2.05, 4.69) is 21.9 Å². The number of allylic oxidation sites excluding steroid dienone is 1. The Morgan fingerprint density at radius 3 is 2.79 bits per heavy atom. The molecule has 2 aromatic carbocycles. The molecule has 0 fully saturated rings. The summed E-state index contributed by atoms with van der Waals surface area (Å²) in [6.07, 6.45) is 6.53. The molecule has 0 saturated heterocycles. The predicted octanol–water partition coefficient (Wildman–Crippen LogP) is 3.66. The number of hydrazone groups is 1. The Morgan fingerprint density at radius 1 is 1.08 bits per heavy atom. The number of furan rings is 1. The van der Waals surface area contributed by atoms with E-state index in [1.54, 1.807) is 24.5 Å². The van der Waals surface area contributed by atoms with Gasteiger partial charge in [0.05, 0.1) is 12.8 Å². The third kappa shape index (κ3) is 4.33. The van der Waals surface area contributed by atoms with E-state index in [1.165, 1.54) is 11.6 Å². The van der Waals surface area contributed by atoms with Gasteiger partial charge in [0.1, 0.15) is 5.76 Å². The van der Waals surface area contributed by atoms with E-state index >= 15 is 0 Å². The first-order chi connectivity index (χ1) is 11.8. The molecule has 3 rings (SSSR count). The summed E-state index contributed by atoms with van der Waals surface area (Å²) in [5, 5.41) is 9.22. The summed E-state index contributed by atoms with van der Waals surface area (Å²) in [5.41, 5.74) is 3.35. The van der Waals surface area contributed by atoms with Crippen molar-refractivity contribution in [3.8, 4) is 0 Å². The summed E-state index contributed by atoms with van der Waals surface area (Å²) in [7, 11) is 0. The number of carbonyl (C=O) groups excluding carboxylic acids is 1. The fraction of sp³-hybridized carbons (Fsp3) is 0.0526. The number of rotatable bonds is 6. The molecule has 2 N–H and O–H groups in total. The lowest BCUT2D eigenvalue weighted by atomic mass is 10.1. The number of hydrogen-bond acceptors (Lipinski definition) is 4. The Balaban J connectivity index is 1.46. The molecule has 5 nitrogen and oxygen atoms in total. The van der Waals surface area contributed by atoms with Crippen molar-refractivity contribution >= 4 is 34.7 Å². The fourth-order valence-corrected chi connectivity index (χ4v) is 2.20. The highest BCUT2D eigenvalue weighted by atomic mass is 16.3. The van der Waals surface area contributed by atoms with Gasteiger partial charge >= 0.3 is 0 Å². The first-order valence-corrected chi connectivity index (χ1v) is 7.56. The monoisotopic (exact) mass is 319 g/mol. The van der Waals surface area contributed by atoms with Crippen LogP contribution in [-0.2, 0) is 4.79 Å². The van der Waals surface area contributed by atoms with Gasteiger partial charge < -0.3 is 9.73 Å². The topological polar surface area (TPSA) is 66.6 Å². The van der Waals surface area contributed by atoms with E-state index in [9.17, 15) is 4.79 Å². The second kappa shape index (κ2) is 7.78. The van der Waals surface area contributed by atoms with Crippen LogP contribution in [0.2, 0.25) is 0 Å². The lowest BCUT2D eigenvalue weighted by Crippen LogP contribution is -2.25. The van der Waals surface area contributed by atoms with Crippen LogP contribution in [0.1, 0.15) is 5.76 Å². The average molecular weight is 319 g/mol. The number of anilines is 1. The van der Waals surface area contributed by atoms with Gasteiger partial charge in [-0.15, -0.1) is 0 Å². The van der Waals surface area contributed by atoms with Crippen LogP contribution in [-0.4, -0.2) is 18.7 Å². The Bertz CT molecular complexity index is 867. The van der Waals surface area contributed by atoms with Crippen molar-refractivity contribution in [1.82, 2.24) is 5.43 Å². The molecule has 0 bridgehead atoms. The van der Waals surface area contributed by atoms with Crippen LogP contribution in [0.15, 0.2) is 76.5 Å². The zero-order chi connectivity index (χ0) is 16.6. The van der Waals surface area contributed by atoms with E-state index in [0.717, 1.165) is 16.8 Å². The maximum Gasteiger partial charge on any atom is 0.259 e. The molecule has 0 radical (unpaired) electrons. The number of amides is 1. The third-order valence-corrected chi connectivity index (χ3v) is 3.36. The quantitative estimate of drug-likeness (QED) is 0.538. The molecule has 0 aliphatic rings. The van der Waals surface area contributed by atoms with Crippen LogP contribution in [0.3, 0.4) is 0 Å². The Morgan fingerprint density at radius 2 is 1.96 bits per heavy atom. The molecule has 120 valence electrons. The summed E-state index contributed by atoms with van der Waals surface area (Å²) in [5.74, 6) is 0.511. The maximum absolute atomic E-state index is 11.7. The van der Waals surface area contributed by atoms with Crippen molar-refractivity contribution in [3.63, 3.8) is 0 Å². The number of hydrogen-bond donors (Lipinski definition) is 2. The molecule has 0 saturated carbocycles. The Kier molecular flexibility index (Phi) is 5.04. The molecule has 3 aromatic rings. The smallest absolute Gasteiger partial charge is 0.259 e. The number of fused-ring (bicyclic) bond motifs is 1. The van der Waals surface area contributed by atoms with Crippen LogP contribution >= 0.6 is 0 Å². The van der Waals surface area contributed by atoms with Crippen molar-refractivity contribution in [1.29, 1.82) is 0 Å². The second-order valence-electron chi connectivity index (χ2n) is 5.10. The summed E-state index contributed by atoms with van der Waals surface area (Å²) in [6, 6.07) is 17.7. The molecule has 1 aromatic heterocycles. The van der Waals surface area contributed by atoms with Crippen molar-refractivity contribution in [2.75, 3.05) is 11.9 Å². The molecule has 5 heteroatoms. The van der Waals surface area contributed by atoms with Gasteiger partial charge in [0.15, 0.2) is 0 Å². The second-order valence-corrected chi connectivity index (χ2v) is 5.10. The molecule has 1 heterocycles. The summed E-state index contributed by atoms with van der Waals surface area (Å²) < 4.78 is 5.13. The molecule has 1 amide bonds. The number of nitrogens with zero attached hydrogens (tertiary/aromatic N) is 1. The van der Waals surface area contributed by atoms with Crippen molar-refractivity contribution in [2.24, 2.45) is 5.10 Å². The van der Waals surface area contributed by atoms with Gasteiger partial charge in [-0.1, -0.05) is 30.3 Å². The van der Waals surface area contributed by atoms with E-state index < -0.39 is 0 Å². The van der Waals surface area contributed by atoms with Crippen LogP contribution in [0.25, 0.3) is 16.8 Å². The van der Waals surface area contributed by atoms with Gasteiger partial charge in [0.2, 0.25) is 0 Å². The van der Waals surface area contributed by atoms with Gasteiger partial charge in [-0.05, 0) is 47.2 Å². The molecule has 0 aliphatic carbocycles.